The molecule has 1 saturated carbocycles. The molecule has 2 N–H and O–H groups in total. The van der Waals surface area contributed by atoms with Crippen LogP contribution in [0.15, 0.2) is 42.6 Å². The topological polar surface area (TPSA) is 94.5 Å². The molecule has 190 valence electrons. The smallest absolute Gasteiger partial charge is 0.356 e. The highest BCUT2D eigenvalue weighted by atomic mass is 16.5. The monoisotopic (exact) mass is 490 g/mol. The minimum absolute atomic E-state index is 0.245. The molecule has 1 amide bonds. The molecule has 1 aromatic carbocycles. The van der Waals surface area contributed by atoms with Crippen LogP contribution in [0.2, 0.25) is 0 Å². The van der Waals surface area contributed by atoms with Gasteiger partial charge in [0.1, 0.15) is 11.8 Å². The summed E-state index contributed by atoms with van der Waals surface area (Å²) >= 11 is 0. The van der Waals surface area contributed by atoms with Crippen molar-refractivity contribution in [1.29, 1.82) is 0 Å². The maximum atomic E-state index is 13.1. The molecule has 2 aromatic heterocycles. The van der Waals surface area contributed by atoms with Crippen LogP contribution in [0.1, 0.15) is 61.0 Å². The van der Waals surface area contributed by atoms with Crippen LogP contribution in [0.5, 0.6) is 0 Å². The number of methoxy groups -OCH3 is 1. The quantitative estimate of drug-likeness (QED) is 0.435. The Morgan fingerprint density at radius 1 is 1.11 bits per heavy atom. The minimum atomic E-state index is -0.519. The van der Waals surface area contributed by atoms with E-state index in [0.717, 1.165) is 35.9 Å². The van der Waals surface area contributed by atoms with E-state index in [4.69, 9.17) is 14.5 Å². The number of nitrogens with zero attached hydrogens (tertiary/aromatic N) is 2. The van der Waals surface area contributed by atoms with Gasteiger partial charge in [-0.2, -0.15) is 0 Å². The fourth-order valence-electron chi connectivity index (χ4n) is 5.31. The van der Waals surface area contributed by atoms with Crippen molar-refractivity contribution in [2.45, 2.75) is 70.1 Å². The van der Waals surface area contributed by atoms with Crippen LogP contribution in [0.4, 0.5) is 11.4 Å². The van der Waals surface area contributed by atoms with Gasteiger partial charge < -0.3 is 24.7 Å². The number of aromatic nitrogens is 2. The van der Waals surface area contributed by atoms with Gasteiger partial charge in [-0.05, 0) is 43.7 Å². The average Bonchev–Trinajstić information content (AvgIpc) is 3.55. The Balaban J connectivity index is 1.55. The van der Waals surface area contributed by atoms with Gasteiger partial charge in [-0.15, -0.1) is 0 Å². The number of anilines is 2. The predicted molar refractivity (Wildman–Crippen MR) is 139 cm³/mol. The Kier molecular flexibility index (Phi) is 7.51. The molecule has 1 aliphatic heterocycles. The summed E-state index contributed by atoms with van der Waals surface area (Å²) < 4.78 is 12.6. The van der Waals surface area contributed by atoms with E-state index in [-0.39, 0.29) is 5.91 Å². The summed E-state index contributed by atoms with van der Waals surface area (Å²) in [4.78, 5) is 30.9. The van der Waals surface area contributed by atoms with Gasteiger partial charge in [0.25, 0.3) is 5.91 Å². The molecule has 8 nitrogen and oxygen atoms in total. The SMILES string of the molecule is COC(=O)c1c(NC(=O)[C@@H]2CCCO2)c2cc(NC3CCCCC3)cnc2n1CCc1ccccc1. The van der Waals surface area contributed by atoms with E-state index < -0.39 is 12.1 Å². The Morgan fingerprint density at radius 2 is 1.92 bits per heavy atom. The Labute approximate surface area is 211 Å². The first-order valence-corrected chi connectivity index (χ1v) is 13.0. The second-order valence-electron chi connectivity index (χ2n) is 9.67. The fourth-order valence-corrected chi connectivity index (χ4v) is 5.31. The zero-order chi connectivity index (χ0) is 24.9. The van der Waals surface area contributed by atoms with Crippen LogP contribution in [0, 0.1) is 0 Å². The first-order chi connectivity index (χ1) is 17.6. The fraction of sp³-hybridized carbons (Fsp3) is 0.464. The van der Waals surface area contributed by atoms with Gasteiger partial charge in [0.15, 0.2) is 5.69 Å². The number of amides is 1. The van der Waals surface area contributed by atoms with Crippen molar-refractivity contribution in [3.63, 3.8) is 0 Å². The van der Waals surface area contributed by atoms with E-state index in [1.807, 2.05) is 35.0 Å². The molecule has 0 unspecified atom stereocenters. The van der Waals surface area contributed by atoms with E-state index >= 15 is 0 Å². The summed E-state index contributed by atoms with van der Waals surface area (Å²) in [6, 6.07) is 12.5. The third-order valence-electron chi connectivity index (χ3n) is 7.19. The van der Waals surface area contributed by atoms with Gasteiger partial charge in [0.05, 0.1) is 24.7 Å². The minimum Gasteiger partial charge on any atom is -0.464 e. The number of carbonyl (C=O) groups is 2. The second kappa shape index (κ2) is 11.1. The van der Waals surface area contributed by atoms with Gasteiger partial charge in [0.2, 0.25) is 0 Å². The molecule has 8 heteroatoms. The molecule has 1 saturated heterocycles. The van der Waals surface area contributed by atoms with Crippen LogP contribution in [0.3, 0.4) is 0 Å². The predicted octanol–water partition coefficient (Wildman–Crippen LogP) is 4.93. The molecule has 0 spiro atoms. The molecule has 0 bridgehead atoms. The number of hydrogen-bond acceptors (Lipinski definition) is 6. The maximum absolute atomic E-state index is 13.1. The molecule has 1 atom stereocenters. The van der Waals surface area contributed by atoms with Crippen molar-refractivity contribution in [2.24, 2.45) is 0 Å². The van der Waals surface area contributed by atoms with Gasteiger partial charge in [-0.3, -0.25) is 4.79 Å². The molecule has 5 rings (SSSR count). The van der Waals surface area contributed by atoms with E-state index in [0.29, 0.717) is 49.1 Å². The summed E-state index contributed by atoms with van der Waals surface area (Å²) in [5, 5.41) is 7.34. The van der Waals surface area contributed by atoms with Crippen LogP contribution in [-0.4, -0.2) is 47.3 Å². The number of rotatable bonds is 8. The normalized spacial score (nSPS) is 18.3. The number of benzene rings is 1. The Morgan fingerprint density at radius 3 is 2.64 bits per heavy atom. The lowest BCUT2D eigenvalue weighted by Crippen LogP contribution is -2.28. The number of pyridine rings is 1. The number of hydrogen-bond donors (Lipinski definition) is 2. The summed E-state index contributed by atoms with van der Waals surface area (Å²) in [5.74, 6) is -0.754. The average molecular weight is 491 g/mol. The lowest BCUT2D eigenvalue weighted by Gasteiger charge is -2.23. The maximum Gasteiger partial charge on any atom is 0.356 e. The molecule has 1 aliphatic carbocycles. The molecular formula is C28H34N4O4. The zero-order valence-corrected chi connectivity index (χ0v) is 20.8. The number of ether oxygens (including phenoxy) is 2. The Bertz CT molecular complexity index is 1210. The van der Waals surface area contributed by atoms with Gasteiger partial charge in [-0.25, -0.2) is 9.78 Å². The second-order valence-corrected chi connectivity index (χ2v) is 9.67. The summed E-state index contributed by atoms with van der Waals surface area (Å²) in [6.07, 6.45) is 9.50. The lowest BCUT2D eigenvalue weighted by molar-refractivity contribution is -0.124. The first kappa shape index (κ1) is 24.3. The molecule has 2 aliphatic rings. The summed E-state index contributed by atoms with van der Waals surface area (Å²) in [7, 11) is 1.36. The van der Waals surface area contributed by atoms with Crippen molar-refractivity contribution in [3.8, 4) is 0 Å². The van der Waals surface area contributed by atoms with Crippen LogP contribution >= 0.6 is 0 Å². The van der Waals surface area contributed by atoms with Crippen molar-refractivity contribution in [2.75, 3.05) is 24.4 Å². The molecule has 3 heterocycles. The number of aryl methyl sites for hydroxylation is 2. The lowest BCUT2D eigenvalue weighted by atomic mass is 9.95. The summed E-state index contributed by atoms with van der Waals surface area (Å²) in [6.45, 7) is 1.08. The first-order valence-electron chi connectivity index (χ1n) is 13.0. The highest BCUT2D eigenvalue weighted by molar-refractivity contribution is 6.12. The van der Waals surface area contributed by atoms with Crippen molar-refractivity contribution < 1.29 is 19.1 Å². The highest BCUT2D eigenvalue weighted by Crippen LogP contribution is 2.34. The van der Waals surface area contributed by atoms with Gasteiger partial charge >= 0.3 is 5.97 Å². The van der Waals surface area contributed by atoms with Gasteiger partial charge in [-0.1, -0.05) is 49.6 Å². The van der Waals surface area contributed by atoms with E-state index in [2.05, 4.69) is 22.8 Å². The third-order valence-corrected chi connectivity index (χ3v) is 7.19. The van der Waals surface area contributed by atoms with Crippen LogP contribution in [-0.2, 0) is 27.2 Å². The number of nitrogens with one attached hydrogen (secondary N) is 2. The highest BCUT2D eigenvalue weighted by Gasteiger charge is 2.30. The zero-order valence-electron chi connectivity index (χ0n) is 20.8. The standard InChI is InChI=1S/C28H34N4O4/c1-35-28(34)25-24(31-27(33)23-13-8-16-36-23)22-17-21(30-20-11-6-3-7-12-20)18-29-26(22)32(25)15-14-19-9-4-2-5-10-19/h2,4-5,9-10,17-18,20,23,30H,3,6-8,11-16H2,1H3,(H,31,33)/t23-/m0/s1. The third kappa shape index (κ3) is 5.23. The molecule has 36 heavy (non-hydrogen) atoms. The van der Waals surface area contributed by atoms with Crippen LogP contribution in [0.25, 0.3) is 11.0 Å². The number of fused-ring (bicyclic) bond motifs is 1. The summed E-state index contributed by atoms with van der Waals surface area (Å²) in [5.41, 5.74) is 3.42. The van der Waals surface area contributed by atoms with Gasteiger partial charge in [0, 0.05) is 24.6 Å². The Hall–Kier alpha value is -3.39. The van der Waals surface area contributed by atoms with E-state index in [9.17, 15) is 9.59 Å². The molecule has 3 aromatic rings. The van der Waals surface area contributed by atoms with Crippen molar-refractivity contribution in [3.05, 3.63) is 53.9 Å². The van der Waals surface area contributed by atoms with Crippen molar-refractivity contribution >= 4 is 34.3 Å². The van der Waals surface area contributed by atoms with Crippen molar-refractivity contribution in [1.82, 2.24) is 9.55 Å². The molecular weight excluding hydrogens is 456 g/mol. The number of esters is 1. The van der Waals surface area contributed by atoms with E-state index in [1.54, 1.807) is 0 Å². The van der Waals surface area contributed by atoms with Crippen LogP contribution < -0.4 is 10.6 Å². The molecule has 0 radical (unpaired) electrons. The molecule has 2 fully saturated rings. The number of carbonyl (C=O) groups excluding carboxylic acids is 2. The largest absolute Gasteiger partial charge is 0.464 e. The van der Waals surface area contributed by atoms with E-state index in [1.165, 1.54) is 26.4 Å².